The van der Waals surface area contributed by atoms with Crippen molar-refractivity contribution in [2.75, 3.05) is 0 Å². The van der Waals surface area contributed by atoms with E-state index in [1.165, 1.54) is 187 Å². The van der Waals surface area contributed by atoms with Gasteiger partial charge in [-0.2, -0.15) is 0 Å². The van der Waals surface area contributed by atoms with Gasteiger partial charge in [-0.15, -0.1) is 0 Å². The molecule has 0 spiro atoms. The van der Waals surface area contributed by atoms with Gasteiger partial charge in [0, 0.05) is 76.3 Å². The van der Waals surface area contributed by atoms with Crippen molar-refractivity contribution in [1.82, 2.24) is 28.7 Å². The number of nitrogens with zero attached hydrogens (tertiary/aromatic N) is 5. The zero-order valence-corrected chi connectivity index (χ0v) is 57.4. The van der Waals surface area contributed by atoms with Gasteiger partial charge in [0.25, 0.3) is 0 Å². The van der Waals surface area contributed by atoms with E-state index in [2.05, 4.69) is 357 Å². The molecule has 6 heterocycles. The van der Waals surface area contributed by atoms with E-state index in [4.69, 9.17) is 16.6 Å². The molecule has 488 valence electrons. The quantitative estimate of drug-likeness (QED) is 0.175. The molecule has 0 atom stereocenters. The Balaban J connectivity index is 0.000000112. The maximum Gasteiger partial charge on any atom is 0.138 e. The Morgan fingerprint density at radius 3 is 1.12 bits per heavy atom. The smallest absolute Gasteiger partial charge is 0.138 e. The van der Waals surface area contributed by atoms with Crippen LogP contribution < -0.4 is 0 Å². The van der Waals surface area contributed by atoms with Crippen LogP contribution in [0.1, 0.15) is 0 Å². The third-order valence-electron chi connectivity index (χ3n) is 22.0. The summed E-state index contributed by atoms with van der Waals surface area (Å²) in [7, 11) is 0. The minimum atomic E-state index is 0.557. The van der Waals surface area contributed by atoms with Gasteiger partial charge in [-0.05, 0) is 210 Å². The fourth-order valence-corrected chi connectivity index (χ4v) is 17.5. The Morgan fingerprint density at radius 1 is 0.229 bits per heavy atom. The molecule has 0 amide bonds. The van der Waals surface area contributed by atoms with Crippen LogP contribution in [0.15, 0.2) is 352 Å². The second-order valence-electron chi connectivity index (χ2n) is 27.8. The number of pyridine rings is 2. The minimum Gasteiger partial charge on any atom is -0.355 e. The van der Waals surface area contributed by atoms with E-state index < -0.39 is 0 Å². The first-order chi connectivity index (χ1) is 52.0. The summed E-state index contributed by atoms with van der Waals surface area (Å²) in [6.45, 7) is 0. The number of H-pyrrole nitrogens is 1. The Hall–Kier alpha value is -13.7. The van der Waals surface area contributed by atoms with E-state index in [1.807, 2.05) is 18.2 Å². The second-order valence-corrected chi connectivity index (χ2v) is 28.1. The van der Waals surface area contributed by atoms with E-state index in [0.29, 0.717) is 5.15 Å². The van der Waals surface area contributed by atoms with Crippen LogP contribution in [0.5, 0.6) is 0 Å². The normalized spacial score (nSPS) is 12.0. The first kappa shape index (κ1) is 59.1. The van der Waals surface area contributed by atoms with Crippen LogP contribution in [0.25, 0.3) is 215 Å². The van der Waals surface area contributed by atoms with Crippen molar-refractivity contribution < 1.29 is 0 Å². The molecule has 6 nitrogen and oxygen atoms in total. The van der Waals surface area contributed by atoms with E-state index in [9.17, 15) is 0 Å². The highest BCUT2D eigenvalue weighted by Gasteiger charge is 2.26. The summed E-state index contributed by atoms with van der Waals surface area (Å²) in [4.78, 5) is 13.2. The van der Waals surface area contributed by atoms with Crippen molar-refractivity contribution in [3.63, 3.8) is 0 Å². The highest BCUT2D eigenvalue weighted by atomic mass is 35.5. The van der Waals surface area contributed by atoms with Gasteiger partial charge in [-0.25, -0.2) is 9.97 Å². The van der Waals surface area contributed by atoms with Crippen molar-refractivity contribution in [2.24, 2.45) is 0 Å². The second kappa shape index (κ2) is 23.2. The van der Waals surface area contributed by atoms with Crippen LogP contribution in [0, 0.1) is 0 Å². The van der Waals surface area contributed by atoms with Gasteiger partial charge in [0.1, 0.15) is 11.0 Å². The number of nitrogens with one attached hydrogen (secondary N) is 1. The molecule has 22 aromatic rings. The lowest BCUT2D eigenvalue weighted by Gasteiger charge is -2.11. The van der Waals surface area contributed by atoms with Crippen molar-refractivity contribution in [3.05, 3.63) is 357 Å². The Morgan fingerprint density at radius 2 is 0.600 bits per heavy atom. The summed E-state index contributed by atoms with van der Waals surface area (Å²) in [5.74, 6) is 0.943. The van der Waals surface area contributed by atoms with Gasteiger partial charge >= 0.3 is 0 Å². The molecule has 16 aromatic carbocycles. The predicted octanol–water partition coefficient (Wildman–Crippen LogP) is 26.7. The lowest BCUT2D eigenvalue weighted by atomic mass is 10.0. The number of aromatic amines is 1. The van der Waals surface area contributed by atoms with Gasteiger partial charge in [0.15, 0.2) is 0 Å². The van der Waals surface area contributed by atoms with Crippen molar-refractivity contribution in [3.8, 4) is 84.0 Å². The number of fused-ring (bicyclic) bond motifs is 20. The number of halogens is 1. The van der Waals surface area contributed by atoms with E-state index in [0.717, 1.165) is 27.9 Å². The molecule has 0 radical (unpaired) electrons. The Bertz CT molecular complexity index is 7450. The van der Waals surface area contributed by atoms with E-state index in [-0.39, 0.29) is 0 Å². The fourth-order valence-electron chi connectivity index (χ4n) is 17.3. The molecule has 0 saturated heterocycles. The van der Waals surface area contributed by atoms with Crippen molar-refractivity contribution >= 4 is 142 Å². The molecule has 1 N–H and O–H groups in total. The van der Waals surface area contributed by atoms with Gasteiger partial charge in [-0.1, -0.05) is 242 Å². The number of hydrogen-bond donors (Lipinski definition) is 1. The first-order valence-corrected chi connectivity index (χ1v) is 36.2. The summed E-state index contributed by atoms with van der Waals surface area (Å²) in [5.41, 5.74) is 28.8. The SMILES string of the molecule is Clc1cc2c3c(cccc3n1)-c1ccccc1-2.c1ccc2c(c1)-c1cccc3nc(-n4c5ccccc5c5cc(-c6ccc7c(c6)c6ccccc6n7-c6ccc7ccccc7c6)ccc54)cc-2c13.c1ccc2cc(-n3c4ccccc4c4cc(-c5ccc6[nH]c7ccccc7c6c5)ccc43)ccc2c1. The zero-order chi connectivity index (χ0) is 69.0. The molecule has 0 aliphatic heterocycles. The van der Waals surface area contributed by atoms with Crippen LogP contribution in [0.4, 0.5) is 0 Å². The van der Waals surface area contributed by atoms with Gasteiger partial charge in [0.05, 0.1) is 44.1 Å². The molecular formula is C98H59ClN6. The molecule has 0 bridgehead atoms. The van der Waals surface area contributed by atoms with Crippen molar-refractivity contribution in [2.45, 2.75) is 0 Å². The third kappa shape index (κ3) is 9.23. The zero-order valence-electron chi connectivity index (χ0n) is 56.6. The molecule has 105 heavy (non-hydrogen) atoms. The average molecular weight is 1360 g/mol. The van der Waals surface area contributed by atoms with E-state index >= 15 is 0 Å². The highest BCUT2D eigenvalue weighted by molar-refractivity contribution is 6.31. The Kier molecular flexibility index (Phi) is 13.0. The highest BCUT2D eigenvalue weighted by Crippen LogP contribution is 2.50. The molecule has 7 heteroatoms. The predicted molar refractivity (Wildman–Crippen MR) is 442 cm³/mol. The molecule has 0 saturated carbocycles. The van der Waals surface area contributed by atoms with Crippen molar-refractivity contribution in [1.29, 1.82) is 0 Å². The van der Waals surface area contributed by atoms with Crippen LogP contribution in [-0.4, -0.2) is 28.7 Å². The topological polar surface area (TPSA) is 56.4 Å². The summed E-state index contributed by atoms with van der Waals surface area (Å²) < 4.78 is 7.14. The fraction of sp³-hybridized carbons (Fsp3) is 0. The maximum absolute atomic E-state index is 6.08. The summed E-state index contributed by atoms with van der Waals surface area (Å²) in [6.07, 6.45) is 0. The largest absolute Gasteiger partial charge is 0.355 e. The molecule has 0 unspecified atom stereocenters. The summed E-state index contributed by atoms with van der Waals surface area (Å²) in [5, 5.41) is 18.1. The number of benzene rings is 16. The molecule has 0 fully saturated rings. The maximum atomic E-state index is 6.08. The average Bonchev–Trinajstić information content (AvgIpc) is 1.59. The third-order valence-corrected chi connectivity index (χ3v) is 22.2. The van der Waals surface area contributed by atoms with Gasteiger partial charge in [0.2, 0.25) is 0 Å². The van der Waals surface area contributed by atoms with Crippen LogP contribution in [0.2, 0.25) is 5.15 Å². The first-order valence-electron chi connectivity index (χ1n) is 35.8. The van der Waals surface area contributed by atoms with Crippen LogP contribution >= 0.6 is 11.6 Å². The number of para-hydroxylation sites is 4. The number of rotatable bonds is 5. The van der Waals surface area contributed by atoms with E-state index in [1.54, 1.807) is 0 Å². The van der Waals surface area contributed by atoms with Gasteiger partial charge < -0.3 is 14.1 Å². The number of hydrogen-bond acceptors (Lipinski definition) is 2. The monoisotopic (exact) mass is 1350 g/mol. The summed E-state index contributed by atoms with van der Waals surface area (Å²) in [6, 6.07) is 127. The standard InChI is InChI=1S/C49H29N3.C34H22N2.C15H8ClN/c1-2-11-31-26-34(23-20-30(31)10-1)51-44-18-7-5-14-37(44)40-27-32(21-24-46(40)51)33-22-25-47-41(28-33)38-15-6-8-19-45(38)52(47)48-29-42-36-13-4-3-12-35(36)39-16-9-17-43(50-48)49(39)42;1-2-8-23-19-26(16-13-22(23)7-1)36-33-12-6-4-10-28(33)30-21-25(15-18-34(30)36)24-14-17-32-29(20-24)27-9-3-5-11-31(27)35-32;16-14-8-12-10-5-2-1-4-9(10)11-6-3-7-13(17-14)15(11)12/h1-29H;1-21,35H;1-8H. The van der Waals surface area contributed by atoms with Crippen LogP contribution in [-0.2, 0) is 0 Å². The molecule has 2 aliphatic rings. The molecular weight excluding hydrogens is 1300 g/mol. The van der Waals surface area contributed by atoms with Gasteiger partial charge in [-0.3, -0.25) is 4.57 Å². The van der Waals surface area contributed by atoms with Crippen LogP contribution in [0.3, 0.4) is 0 Å². The molecule has 24 rings (SSSR count). The lowest BCUT2D eigenvalue weighted by Crippen LogP contribution is -1.98. The molecule has 6 aromatic heterocycles. The minimum absolute atomic E-state index is 0.557. The molecule has 2 aliphatic carbocycles. The Labute approximate surface area is 607 Å². The lowest BCUT2D eigenvalue weighted by molar-refractivity contribution is 1.10. The number of aromatic nitrogens is 6. The summed E-state index contributed by atoms with van der Waals surface area (Å²) >= 11 is 6.08.